The fourth-order valence-corrected chi connectivity index (χ4v) is 2.59. The molecule has 1 heterocycles. The highest BCUT2D eigenvalue weighted by Crippen LogP contribution is 2.35. The van der Waals surface area contributed by atoms with Gasteiger partial charge in [-0.2, -0.15) is 0 Å². The van der Waals surface area contributed by atoms with Crippen LogP contribution in [-0.2, 0) is 9.53 Å². The zero-order valence-electron chi connectivity index (χ0n) is 14.3. The summed E-state index contributed by atoms with van der Waals surface area (Å²) < 4.78 is 16.1. The molecule has 0 amide bonds. The largest absolute Gasteiger partial charge is 0.479 e. The molecule has 3 rings (SSSR count). The number of ether oxygens (including phenoxy) is 3. The summed E-state index contributed by atoms with van der Waals surface area (Å²) in [6, 6.07) is 11.9. The third kappa shape index (κ3) is 3.89. The van der Waals surface area contributed by atoms with Crippen molar-refractivity contribution in [1.82, 2.24) is 0 Å². The number of hydrogen-bond donors (Lipinski definition) is 0. The summed E-state index contributed by atoms with van der Waals surface area (Å²) in [7, 11) is 0. The summed E-state index contributed by atoms with van der Waals surface area (Å²) >= 11 is 5.87. The van der Waals surface area contributed by atoms with Crippen LogP contribution in [0.3, 0.4) is 0 Å². The van der Waals surface area contributed by atoms with Gasteiger partial charge in [-0.1, -0.05) is 23.7 Å². The minimum Gasteiger partial charge on any atom is -0.479 e. The van der Waals surface area contributed by atoms with E-state index in [0.29, 0.717) is 22.1 Å². The maximum absolute atomic E-state index is 12.5. The summed E-state index contributed by atoms with van der Waals surface area (Å²) in [5.74, 6) is 0.375. The number of allylic oxidation sites excluding steroid dienone is 1. The van der Waals surface area contributed by atoms with E-state index in [2.05, 4.69) is 0 Å². The van der Waals surface area contributed by atoms with E-state index in [1.807, 2.05) is 0 Å². The van der Waals surface area contributed by atoms with E-state index in [1.165, 1.54) is 0 Å². The second-order valence-electron chi connectivity index (χ2n) is 5.66. The third-order valence-corrected chi connectivity index (χ3v) is 3.99. The molecule has 1 aliphatic rings. The molecule has 2 aromatic rings. The molecule has 0 saturated carbocycles. The molecule has 0 bridgehead atoms. The van der Waals surface area contributed by atoms with Crippen molar-refractivity contribution in [2.24, 2.45) is 0 Å². The van der Waals surface area contributed by atoms with Gasteiger partial charge in [0.05, 0.1) is 12.2 Å². The first-order chi connectivity index (χ1) is 12.5. The van der Waals surface area contributed by atoms with Crippen LogP contribution in [0.2, 0.25) is 5.02 Å². The molecule has 5 nitrogen and oxygen atoms in total. The first-order valence-corrected chi connectivity index (χ1v) is 8.53. The van der Waals surface area contributed by atoms with Gasteiger partial charge in [0.15, 0.2) is 11.9 Å². The van der Waals surface area contributed by atoms with Crippen LogP contribution in [0, 0.1) is 0 Å². The molecule has 2 aromatic carbocycles. The summed E-state index contributed by atoms with van der Waals surface area (Å²) in [6.45, 7) is 3.62. The standard InChI is InChI=1S/C20H17ClO5/c1-3-24-20(23)12(2)25-15-8-9-16-17(11-15)26-18(19(16)22)10-13-4-6-14(21)7-5-13/h4-12H,3H2,1-2H3/b18-10-/t12-/m0/s1. The monoisotopic (exact) mass is 372 g/mol. The summed E-state index contributed by atoms with van der Waals surface area (Å²) in [6.07, 6.45) is 0.898. The van der Waals surface area contributed by atoms with Gasteiger partial charge < -0.3 is 14.2 Å². The SMILES string of the molecule is CCOC(=O)[C@H](C)Oc1ccc2c(c1)O/C(=C\c1ccc(Cl)cc1)C2=O. The molecule has 1 aliphatic heterocycles. The molecule has 26 heavy (non-hydrogen) atoms. The molecule has 0 aliphatic carbocycles. The van der Waals surface area contributed by atoms with E-state index >= 15 is 0 Å². The van der Waals surface area contributed by atoms with Crippen LogP contribution in [-0.4, -0.2) is 24.5 Å². The Balaban J connectivity index is 1.77. The fraction of sp³-hybridized carbons (Fsp3) is 0.200. The Labute approximate surface area is 156 Å². The molecule has 0 unspecified atom stereocenters. The van der Waals surface area contributed by atoms with E-state index < -0.39 is 12.1 Å². The van der Waals surface area contributed by atoms with Crippen molar-refractivity contribution >= 4 is 29.4 Å². The number of esters is 1. The van der Waals surface area contributed by atoms with Crippen LogP contribution >= 0.6 is 11.6 Å². The average Bonchev–Trinajstić information content (AvgIpc) is 2.92. The van der Waals surface area contributed by atoms with Crippen LogP contribution in [0.1, 0.15) is 29.8 Å². The van der Waals surface area contributed by atoms with Gasteiger partial charge in [-0.05, 0) is 49.8 Å². The number of Topliss-reactive ketones (excluding diaryl/α,β-unsaturated/α-hetero) is 1. The summed E-state index contributed by atoms with van der Waals surface area (Å²) in [4.78, 5) is 24.1. The van der Waals surface area contributed by atoms with Crippen molar-refractivity contribution in [1.29, 1.82) is 0 Å². The Morgan fingerprint density at radius 2 is 1.96 bits per heavy atom. The number of carbonyl (C=O) groups is 2. The van der Waals surface area contributed by atoms with Crippen LogP contribution in [0.15, 0.2) is 48.2 Å². The predicted molar refractivity (Wildman–Crippen MR) is 97.6 cm³/mol. The Bertz CT molecular complexity index is 870. The first-order valence-electron chi connectivity index (χ1n) is 8.15. The number of ketones is 1. The second-order valence-corrected chi connectivity index (χ2v) is 6.10. The molecule has 0 fully saturated rings. The smallest absolute Gasteiger partial charge is 0.347 e. The Morgan fingerprint density at radius 3 is 2.65 bits per heavy atom. The summed E-state index contributed by atoms with van der Waals surface area (Å²) in [5.41, 5.74) is 1.25. The maximum Gasteiger partial charge on any atom is 0.347 e. The number of halogens is 1. The van der Waals surface area contributed by atoms with Crippen LogP contribution in [0.5, 0.6) is 11.5 Å². The van der Waals surface area contributed by atoms with E-state index in [9.17, 15) is 9.59 Å². The van der Waals surface area contributed by atoms with Crippen LogP contribution < -0.4 is 9.47 Å². The van der Waals surface area contributed by atoms with Gasteiger partial charge >= 0.3 is 5.97 Å². The van der Waals surface area contributed by atoms with Crippen molar-refractivity contribution < 1.29 is 23.8 Å². The maximum atomic E-state index is 12.5. The van der Waals surface area contributed by atoms with Crippen molar-refractivity contribution in [3.63, 3.8) is 0 Å². The quantitative estimate of drug-likeness (QED) is 0.579. The minimum atomic E-state index is -0.755. The molecule has 0 N–H and O–H groups in total. The molecule has 1 atom stereocenters. The molecule has 0 radical (unpaired) electrons. The van der Waals surface area contributed by atoms with Crippen LogP contribution in [0.4, 0.5) is 0 Å². The Kier molecular flexibility index (Phi) is 5.28. The summed E-state index contributed by atoms with van der Waals surface area (Å²) in [5, 5.41) is 0.617. The highest BCUT2D eigenvalue weighted by molar-refractivity contribution is 6.30. The minimum absolute atomic E-state index is 0.208. The zero-order chi connectivity index (χ0) is 18.7. The second kappa shape index (κ2) is 7.62. The average molecular weight is 373 g/mol. The highest BCUT2D eigenvalue weighted by Gasteiger charge is 2.28. The van der Waals surface area contributed by atoms with Crippen molar-refractivity contribution in [2.75, 3.05) is 6.61 Å². The van der Waals surface area contributed by atoms with Crippen LogP contribution in [0.25, 0.3) is 6.08 Å². The molecule has 6 heteroatoms. The first kappa shape index (κ1) is 18.0. The van der Waals surface area contributed by atoms with Crippen molar-refractivity contribution in [3.8, 4) is 11.5 Å². The Morgan fingerprint density at radius 1 is 1.23 bits per heavy atom. The normalized spacial score (nSPS) is 15.3. The Hall–Kier alpha value is -2.79. The van der Waals surface area contributed by atoms with E-state index in [1.54, 1.807) is 62.4 Å². The lowest BCUT2D eigenvalue weighted by atomic mass is 10.1. The number of rotatable bonds is 5. The molecular formula is C20H17ClO5. The molecule has 0 spiro atoms. The van der Waals surface area contributed by atoms with Gasteiger partial charge in [0.25, 0.3) is 0 Å². The van der Waals surface area contributed by atoms with Gasteiger partial charge in [-0.3, -0.25) is 4.79 Å². The van der Waals surface area contributed by atoms with Crippen molar-refractivity contribution in [2.45, 2.75) is 20.0 Å². The lowest BCUT2D eigenvalue weighted by Gasteiger charge is -2.13. The number of fused-ring (bicyclic) bond motifs is 1. The lowest BCUT2D eigenvalue weighted by molar-refractivity contribution is -0.150. The number of hydrogen-bond acceptors (Lipinski definition) is 5. The van der Waals surface area contributed by atoms with Crippen molar-refractivity contribution in [3.05, 3.63) is 64.4 Å². The highest BCUT2D eigenvalue weighted by atomic mass is 35.5. The van der Waals surface area contributed by atoms with Gasteiger partial charge in [0, 0.05) is 11.1 Å². The van der Waals surface area contributed by atoms with E-state index in [4.69, 9.17) is 25.8 Å². The predicted octanol–water partition coefficient (Wildman–Crippen LogP) is 4.29. The zero-order valence-corrected chi connectivity index (χ0v) is 15.1. The van der Waals surface area contributed by atoms with Gasteiger partial charge in [0.2, 0.25) is 5.78 Å². The van der Waals surface area contributed by atoms with Gasteiger partial charge in [-0.25, -0.2) is 4.79 Å². The molecule has 134 valence electrons. The molecule has 0 saturated heterocycles. The number of carbonyl (C=O) groups excluding carboxylic acids is 2. The molecular weight excluding hydrogens is 356 g/mol. The lowest BCUT2D eigenvalue weighted by Crippen LogP contribution is -2.26. The topological polar surface area (TPSA) is 61.8 Å². The fourth-order valence-electron chi connectivity index (χ4n) is 2.46. The van der Waals surface area contributed by atoms with Gasteiger partial charge in [-0.15, -0.1) is 0 Å². The molecule has 0 aromatic heterocycles. The van der Waals surface area contributed by atoms with Gasteiger partial charge in [0.1, 0.15) is 11.5 Å². The van der Waals surface area contributed by atoms with E-state index in [0.717, 1.165) is 5.56 Å². The number of benzene rings is 2. The van der Waals surface area contributed by atoms with E-state index in [-0.39, 0.29) is 18.1 Å². The third-order valence-electron chi connectivity index (χ3n) is 3.74.